The molecule has 1 aromatic heterocycles. The number of hydrogen-bond donors (Lipinski definition) is 2. The molecule has 48 heavy (non-hydrogen) atoms. The quantitative estimate of drug-likeness (QED) is 0.198. The van der Waals surface area contributed by atoms with Crippen LogP contribution in [0, 0.1) is 23.7 Å². The maximum absolute atomic E-state index is 14.1. The molecule has 1 aliphatic heterocycles. The van der Waals surface area contributed by atoms with Gasteiger partial charge in [0, 0.05) is 31.6 Å². The molecule has 0 bridgehead atoms. The first kappa shape index (κ1) is 37.1. The van der Waals surface area contributed by atoms with E-state index in [0.717, 1.165) is 16.3 Å². The van der Waals surface area contributed by atoms with Gasteiger partial charge in [0.15, 0.2) is 0 Å². The fourth-order valence-corrected chi connectivity index (χ4v) is 8.14. The van der Waals surface area contributed by atoms with Crippen molar-refractivity contribution in [3.8, 4) is 0 Å². The Bertz CT molecular complexity index is 1630. The van der Waals surface area contributed by atoms with E-state index in [9.17, 15) is 28.0 Å². The molecule has 2 heterocycles. The highest BCUT2D eigenvalue weighted by molar-refractivity contribution is 7.89. The molecule has 1 saturated heterocycles. The number of rotatable bonds is 17. The number of aliphatic hydroxyl groups excluding tert-OH is 1. The zero-order chi connectivity index (χ0) is 35.0. The third kappa shape index (κ3) is 9.46. The molecule has 0 radical (unpaired) electrons. The lowest BCUT2D eigenvalue weighted by Gasteiger charge is -2.34. The summed E-state index contributed by atoms with van der Waals surface area (Å²) in [4.78, 5) is 46.0. The Kier molecular flexibility index (Phi) is 12.8. The molecule has 0 spiro atoms. The Morgan fingerprint density at radius 3 is 2.31 bits per heavy atom. The van der Waals surface area contributed by atoms with Crippen molar-refractivity contribution in [2.24, 2.45) is 17.0 Å². The monoisotopic (exact) mass is 698 g/mol. The molecule has 2 aromatic carbocycles. The van der Waals surface area contributed by atoms with E-state index in [2.05, 4.69) is 15.5 Å². The first-order valence-electron chi connectivity index (χ1n) is 16.2. The molecule has 260 valence electrons. The fourth-order valence-electron chi connectivity index (χ4n) is 5.91. The van der Waals surface area contributed by atoms with E-state index in [1.165, 1.54) is 27.8 Å². The summed E-state index contributed by atoms with van der Waals surface area (Å²) in [6, 6.07) is 13.4. The van der Waals surface area contributed by atoms with Gasteiger partial charge in [-0.1, -0.05) is 75.3 Å². The first-order valence-corrected chi connectivity index (χ1v) is 18.5. The predicted octanol–water partition coefficient (Wildman–Crippen LogP) is 4.42. The summed E-state index contributed by atoms with van der Waals surface area (Å²) in [7, 11) is -4.05. The van der Waals surface area contributed by atoms with Crippen LogP contribution in [-0.4, -0.2) is 88.9 Å². The molecule has 1 fully saturated rings. The second kappa shape index (κ2) is 16.6. The summed E-state index contributed by atoms with van der Waals surface area (Å²) >= 11 is 1.52. The molecule has 0 saturated carbocycles. The SMILES string of the molecule is Cc1nc(CN2CCN([C@H](C(=O)N[C@@H](Cc3ccccc3)[C@H](O)CN(CC(C)C)S(=O)(=O)c3ccc(CN=O)cc3)C(C)C)C2=O)cs1. The van der Waals surface area contributed by atoms with E-state index in [4.69, 9.17) is 0 Å². The summed E-state index contributed by atoms with van der Waals surface area (Å²) in [6.07, 6.45) is -1.04. The molecule has 14 heteroatoms. The van der Waals surface area contributed by atoms with Gasteiger partial charge >= 0.3 is 6.03 Å². The number of aliphatic hydroxyl groups is 1. The summed E-state index contributed by atoms with van der Waals surface area (Å²) in [6.45, 7) is 10.4. The Morgan fingerprint density at radius 2 is 1.73 bits per heavy atom. The van der Waals surface area contributed by atoms with Crippen molar-refractivity contribution in [3.05, 3.63) is 86.7 Å². The molecular weight excluding hydrogens is 653 g/mol. The lowest BCUT2D eigenvalue weighted by molar-refractivity contribution is -0.128. The van der Waals surface area contributed by atoms with Crippen molar-refractivity contribution in [2.45, 2.75) is 77.2 Å². The van der Waals surface area contributed by atoms with E-state index in [1.54, 1.807) is 21.9 Å². The van der Waals surface area contributed by atoms with Crippen LogP contribution in [0.4, 0.5) is 4.79 Å². The van der Waals surface area contributed by atoms with E-state index >= 15 is 0 Å². The van der Waals surface area contributed by atoms with Gasteiger partial charge in [0.1, 0.15) is 12.6 Å². The van der Waals surface area contributed by atoms with Gasteiger partial charge in [-0.2, -0.15) is 9.21 Å². The molecule has 12 nitrogen and oxygen atoms in total. The maximum atomic E-state index is 14.1. The Hall–Kier alpha value is -3.72. The largest absolute Gasteiger partial charge is 0.390 e. The van der Waals surface area contributed by atoms with Crippen LogP contribution in [0.25, 0.3) is 0 Å². The second-order valence-corrected chi connectivity index (χ2v) is 16.0. The normalized spacial score (nSPS) is 15.7. The van der Waals surface area contributed by atoms with Crippen molar-refractivity contribution in [1.29, 1.82) is 0 Å². The van der Waals surface area contributed by atoms with Crippen LogP contribution in [0.15, 0.2) is 70.0 Å². The highest BCUT2D eigenvalue weighted by atomic mass is 32.2. The average molecular weight is 699 g/mol. The lowest BCUT2D eigenvalue weighted by atomic mass is 9.97. The number of hydrogen-bond acceptors (Lipinski definition) is 9. The zero-order valence-electron chi connectivity index (χ0n) is 28.2. The van der Waals surface area contributed by atoms with E-state index in [1.807, 2.05) is 70.3 Å². The van der Waals surface area contributed by atoms with Crippen LogP contribution in [0.5, 0.6) is 0 Å². The first-order chi connectivity index (χ1) is 22.8. The average Bonchev–Trinajstić information content (AvgIpc) is 3.61. The summed E-state index contributed by atoms with van der Waals surface area (Å²) in [5, 5.41) is 20.4. The third-order valence-corrected chi connectivity index (χ3v) is 10.9. The Morgan fingerprint density at radius 1 is 1.04 bits per heavy atom. The van der Waals surface area contributed by atoms with Crippen LogP contribution in [0.2, 0.25) is 0 Å². The highest BCUT2D eigenvalue weighted by Crippen LogP contribution is 2.23. The second-order valence-electron chi connectivity index (χ2n) is 13.0. The van der Waals surface area contributed by atoms with Crippen molar-refractivity contribution in [3.63, 3.8) is 0 Å². The minimum absolute atomic E-state index is 0.0263. The Balaban J connectivity index is 1.56. The number of carbonyl (C=O) groups is 2. The van der Waals surface area contributed by atoms with Crippen molar-refractivity contribution >= 4 is 33.3 Å². The number of nitrogens with one attached hydrogen (secondary N) is 1. The standard InChI is InChI=1S/C34H46N6O6S2/c1-23(2)19-39(48(45,46)29-13-11-27(12-14-29)18-35-44)21-31(41)30(17-26-9-7-6-8-10-26)37-33(42)32(24(3)4)40-16-15-38(34(40)43)20-28-22-47-25(5)36-28/h6-14,22-24,30-32,41H,15-21H2,1-5H3,(H,37,42)/t30-,31+,32-/m0/s1. The number of thiazole rings is 1. The number of nitroso groups, excluding NO2 is 1. The van der Waals surface area contributed by atoms with E-state index in [-0.39, 0.29) is 48.8 Å². The van der Waals surface area contributed by atoms with E-state index < -0.39 is 34.1 Å². The molecule has 3 aromatic rings. The number of aromatic nitrogens is 1. The minimum atomic E-state index is -4.05. The molecule has 3 atom stereocenters. The van der Waals surface area contributed by atoms with Gasteiger partial charge in [-0.15, -0.1) is 11.3 Å². The maximum Gasteiger partial charge on any atom is 0.321 e. The number of amides is 3. The molecule has 2 N–H and O–H groups in total. The molecule has 1 aliphatic rings. The Labute approximate surface area is 287 Å². The van der Waals surface area contributed by atoms with Gasteiger partial charge in [0.25, 0.3) is 0 Å². The predicted molar refractivity (Wildman–Crippen MR) is 186 cm³/mol. The summed E-state index contributed by atoms with van der Waals surface area (Å²) < 4.78 is 28.9. The third-order valence-electron chi connectivity index (χ3n) is 8.24. The topological polar surface area (TPSA) is 153 Å². The van der Waals surface area contributed by atoms with Gasteiger partial charge in [-0.25, -0.2) is 18.2 Å². The molecular formula is C34H46N6O6S2. The zero-order valence-corrected chi connectivity index (χ0v) is 29.8. The molecule has 3 amide bonds. The van der Waals surface area contributed by atoms with Gasteiger partial charge in [0.05, 0.1) is 34.3 Å². The highest BCUT2D eigenvalue weighted by Gasteiger charge is 2.40. The number of urea groups is 1. The fraction of sp³-hybridized carbons (Fsp3) is 0.500. The van der Waals surface area contributed by atoms with Gasteiger partial charge < -0.3 is 20.2 Å². The molecule has 4 rings (SSSR count). The minimum Gasteiger partial charge on any atom is -0.390 e. The summed E-state index contributed by atoms with van der Waals surface area (Å²) in [5.74, 6) is -0.710. The van der Waals surface area contributed by atoms with Crippen molar-refractivity contribution in [2.75, 3.05) is 26.2 Å². The molecule has 0 unspecified atom stereocenters. The number of nitrogens with zero attached hydrogens (tertiary/aromatic N) is 5. The van der Waals surface area contributed by atoms with Crippen LogP contribution < -0.4 is 5.32 Å². The van der Waals surface area contributed by atoms with Crippen LogP contribution in [0.1, 0.15) is 49.5 Å². The van der Waals surface area contributed by atoms with E-state index in [0.29, 0.717) is 25.2 Å². The number of sulfonamides is 1. The van der Waals surface area contributed by atoms with Gasteiger partial charge in [0.2, 0.25) is 15.9 Å². The number of benzene rings is 2. The number of carbonyl (C=O) groups excluding carboxylic acids is 2. The summed E-state index contributed by atoms with van der Waals surface area (Å²) in [5.41, 5.74) is 2.24. The van der Waals surface area contributed by atoms with Crippen LogP contribution >= 0.6 is 11.3 Å². The van der Waals surface area contributed by atoms with Crippen LogP contribution in [0.3, 0.4) is 0 Å². The molecule has 0 aliphatic carbocycles. The van der Waals surface area contributed by atoms with Crippen molar-refractivity contribution in [1.82, 2.24) is 24.4 Å². The van der Waals surface area contributed by atoms with Gasteiger partial charge in [-0.3, -0.25) is 4.79 Å². The number of aryl methyl sites for hydroxylation is 1. The van der Waals surface area contributed by atoms with Crippen molar-refractivity contribution < 1.29 is 23.1 Å². The van der Waals surface area contributed by atoms with Crippen LogP contribution in [-0.2, 0) is 34.3 Å². The smallest absolute Gasteiger partial charge is 0.321 e. The van der Waals surface area contributed by atoms with Gasteiger partial charge in [-0.05, 0) is 48.4 Å². The lowest BCUT2D eigenvalue weighted by Crippen LogP contribution is -2.57.